The highest BCUT2D eigenvalue weighted by atomic mass is 16.2. The van der Waals surface area contributed by atoms with Crippen LogP contribution in [-0.2, 0) is 4.79 Å². The van der Waals surface area contributed by atoms with E-state index in [1.807, 2.05) is 23.2 Å². The first-order chi connectivity index (χ1) is 7.27. The molecule has 1 unspecified atom stereocenters. The van der Waals surface area contributed by atoms with Gasteiger partial charge in [-0.2, -0.15) is 0 Å². The number of carbonyl (C=O) groups excluding carboxylic acids is 1. The van der Waals surface area contributed by atoms with E-state index < -0.39 is 0 Å². The van der Waals surface area contributed by atoms with E-state index in [4.69, 9.17) is 0 Å². The predicted molar refractivity (Wildman–Crippen MR) is 58.9 cm³/mol. The fraction of sp³-hybridized carbons (Fsp3) is 0.417. The standard InChI is InChI=1S/C12H16N2O/c1-10(15)13-14-9-5-8-12(14)11-6-3-2-4-7-11/h2-4,6-7,12H,5,8-9H2,1H3,(H,13,15). The summed E-state index contributed by atoms with van der Waals surface area (Å²) in [7, 11) is 0. The first-order valence-corrected chi connectivity index (χ1v) is 5.36. The molecule has 1 fully saturated rings. The smallest absolute Gasteiger partial charge is 0.231 e. The number of nitrogens with zero attached hydrogens (tertiary/aromatic N) is 1. The van der Waals surface area contributed by atoms with Gasteiger partial charge in [0.05, 0.1) is 6.04 Å². The van der Waals surface area contributed by atoms with Crippen molar-refractivity contribution in [3.05, 3.63) is 35.9 Å². The van der Waals surface area contributed by atoms with Crippen LogP contribution in [0.3, 0.4) is 0 Å². The lowest BCUT2D eigenvalue weighted by molar-refractivity contribution is -0.124. The third-order valence-corrected chi connectivity index (χ3v) is 2.74. The lowest BCUT2D eigenvalue weighted by Gasteiger charge is -2.24. The Labute approximate surface area is 90.1 Å². The number of amides is 1. The molecule has 1 aliphatic rings. The van der Waals surface area contributed by atoms with Crippen molar-refractivity contribution in [2.24, 2.45) is 0 Å². The van der Waals surface area contributed by atoms with Gasteiger partial charge in [-0.15, -0.1) is 0 Å². The van der Waals surface area contributed by atoms with E-state index in [0.717, 1.165) is 19.4 Å². The Hall–Kier alpha value is -1.35. The van der Waals surface area contributed by atoms with Gasteiger partial charge >= 0.3 is 0 Å². The van der Waals surface area contributed by atoms with Crippen LogP contribution in [-0.4, -0.2) is 17.5 Å². The third kappa shape index (κ3) is 2.36. The number of nitrogens with one attached hydrogen (secondary N) is 1. The van der Waals surface area contributed by atoms with Crippen molar-refractivity contribution in [1.82, 2.24) is 10.4 Å². The summed E-state index contributed by atoms with van der Waals surface area (Å²) in [6.45, 7) is 2.50. The number of rotatable bonds is 2. The van der Waals surface area contributed by atoms with Crippen LogP contribution in [0.25, 0.3) is 0 Å². The fourth-order valence-electron chi connectivity index (χ4n) is 2.12. The molecule has 0 aliphatic carbocycles. The molecule has 2 rings (SSSR count). The minimum atomic E-state index is 0.0119. The molecule has 3 heteroatoms. The maximum atomic E-state index is 11.0. The van der Waals surface area contributed by atoms with Gasteiger partial charge in [0.2, 0.25) is 5.91 Å². The van der Waals surface area contributed by atoms with E-state index >= 15 is 0 Å². The molecule has 1 saturated heterocycles. The molecule has 15 heavy (non-hydrogen) atoms. The number of hydrogen-bond acceptors (Lipinski definition) is 2. The Balaban J connectivity index is 2.11. The zero-order valence-corrected chi connectivity index (χ0v) is 8.94. The van der Waals surface area contributed by atoms with E-state index in [0.29, 0.717) is 6.04 Å². The summed E-state index contributed by atoms with van der Waals surface area (Å²) in [5.74, 6) is 0.0119. The highest BCUT2D eigenvalue weighted by molar-refractivity contribution is 5.72. The molecule has 0 spiro atoms. The van der Waals surface area contributed by atoms with Crippen LogP contribution >= 0.6 is 0 Å². The zero-order chi connectivity index (χ0) is 10.7. The maximum Gasteiger partial charge on any atom is 0.231 e. The molecule has 1 amide bonds. The molecule has 0 saturated carbocycles. The van der Waals surface area contributed by atoms with E-state index in [1.54, 1.807) is 6.92 Å². The first-order valence-electron chi connectivity index (χ1n) is 5.36. The first kappa shape index (κ1) is 10.2. The van der Waals surface area contributed by atoms with Gasteiger partial charge in [-0.05, 0) is 18.4 Å². The average Bonchev–Trinajstić information content (AvgIpc) is 2.66. The van der Waals surface area contributed by atoms with Gasteiger partial charge in [-0.3, -0.25) is 10.2 Å². The molecule has 0 radical (unpaired) electrons. The SMILES string of the molecule is CC(=O)NN1CCCC1c1ccccc1. The van der Waals surface area contributed by atoms with Gasteiger partial charge in [0, 0.05) is 13.5 Å². The van der Waals surface area contributed by atoms with Gasteiger partial charge in [-0.25, -0.2) is 5.01 Å². The van der Waals surface area contributed by atoms with Crippen LogP contribution < -0.4 is 5.43 Å². The van der Waals surface area contributed by atoms with Crippen LogP contribution in [0, 0.1) is 0 Å². The highest BCUT2D eigenvalue weighted by Gasteiger charge is 2.26. The van der Waals surface area contributed by atoms with Crippen molar-refractivity contribution in [3.8, 4) is 0 Å². The molecule has 1 atom stereocenters. The van der Waals surface area contributed by atoms with Gasteiger partial charge < -0.3 is 0 Å². The van der Waals surface area contributed by atoms with Gasteiger partial charge in [0.1, 0.15) is 0 Å². The predicted octanol–water partition coefficient (Wildman–Crippen LogP) is 1.87. The maximum absolute atomic E-state index is 11.0. The zero-order valence-electron chi connectivity index (χ0n) is 8.94. The second-order valence-corrected chi connectivity index (χ2v) is 3.93. The topological polar surface area (TPSA) is 32.3 Å². The molecule has 3 nitrogen and oxygen atoms in total. The van der Waals surface area contributed by atoms with Crippen LogP contribution in [0.15, 0.2) is 30.3 Å². The number of hydrazine groups is 1. The van der Waals surface area contributed by atoms with Crippen LogP contribution in [0.2, 0.25) is 0 Å². The minimum absolute atomic E-state index is 0.0119. The lowest BCUT2D eigenvalue weighted by atomic mass is 10.1. The summed E-state index contributed by atoms with van der Waals surface area (Å²) in [4.78, 5) is 11.0. The summed E-state index contributed by atoms with van der Waals surface area (Å²) in [6.07, 6.45) is 2.25. The van der Waals surface area contributed by atoms with E-state index in [2.05, 4.69) is 17.6 Å². The highest BCUT2D eigenvalue weighted by Crippen LogP contribution is 2.29. The largest absolute Gasteiger partial charge is 0.289 e. The van der Waals surface area contributed by atoms with Gasteiger partial charge in [0.15, 0.2) is 0 Å². The molecule has 1 aromatic rings. The molecular weight excluding hydrogens is 188 g/mol. The van der Waals surface area contributed by atoms with Crippen LogP contribution in [0.5, 0.6) is 0 Å². The summed E-state index contributed by atoms with van der Waals surface area (Å²) in [6, 6.07) is 10.7. The van der Waals surface area contributed by atoms with Crippen molar-refractivity contribution in [2.45, 2.75) is 25.8 Å². The van der Waals surface area contributed by atoms with Gasteiger partial charge in [-0.1, -0.05) is 30.3 Å². The third-order valence-electron chi connectivity index (χ3n) is 2.74. The number of carbonyl (C=O) groups is 1. The van der Waals surface area contributed by atoms with Crippen molar-refractivity contribution in [2.75, 3.05) is 6.54 Å². The van der Waals surface area contributed by atoms with Crippen molar-refractivity contribution in [3.63, 3.8) is 0 Å². The summed E-state index contributed by atoms with van der Waals surface area (Å²) < 4.78 is 0. The van der Waals surface area contributed by atoms with E-state index in [-0.39, 0.29) is 5.91 Å². The van der Waals surface area contributed by atoms with E-state index in [9.17, 15) is 4.79 Å². The fourth-order valence-corrected chi connectivity index (χ4v) is 2.12. The van der Waals surface area contributed by atoms with Crippen molar-refractivity contribution < 1.29 is 4.79 Å². The Kier molecular flexibility index (Phi) is 3.02. The molecule has 0 aromatic heterocycles. The molecule has 1 N–H and O–H groups in total. The number of benzene rings is 1. The summed E-state index contributed by atoms with van der Waals surface area (Å²) >= 11 is 0. The Bertz CT molecular complexity index is 337. The minimum Gasteiger partial charge on any atom is -0.289 e. The Morgan fingerprint density at radius 3 is 2.80 bits per heavy atom. The molecular formula is C12H16N2O. The number of hydrogen-bond donors (Lipinski definition) is 1. The average molecular weight is 204 g/mol. The lowest BCUT2D eigenvalue weighted by Crippen LogP contribution is -2.40. The molecule has 0 bridgehead atoms. The Morgan fingerprint density at radius 1 is 1.40 bits per heavy atom. The molecule has 1 aliphatic heterocycles. The molecule has 80 valence electrons. The molecule has 1 heterocycles. The second kappa shape index (κ2) is 4.45. The normalized spacial score (nSPS) is 21.5. The second-order valence-electron chi connectivity index (χ2n) is 3.93. The van der Waals surface area contributed by atoms with E-state index in [1.165, 1.54) is 5.56 Å². The van der Waals surface area contributed by atoms with Crippen LogP contribution in [0.1, 0.15) is 31.4 Å². The van der Waals surface area contributed by atoms with Crippen molar-refractivity contribution >= 4 is 5.91 Å². The van der Waals surface area contributed by atoms with Gasteiger partial charge in [0.25, 0.3) is 0 Å². The summed E-state index contributed by atoms with van der Waals surface area (Å²) in [5.41, 5.74) is 4.17. The molecule has 1 aromatic carbocycles. The monoisotopic (exact) mass is 204 g/mol. The Morgan fingerprint density at radius 2 is 2.13 bits per heavy atom. The quantitative estimate of drug-likeness (QED) is 0.797. The van der Waals surface area contributed by atoms with Crippen molar-refractivity contribution in [1.29, 1.82) is 0 Å². The summed E-state index contributed by atoms with van der Waals surface area (Å²) in [5, 5.41) is 2.04. The van der Waals surface area contributed by atoms with Crippen LogP contribution in [0.4, 0.5) is 0 Å².